The average Bonchev–Trinajstić information content (AvgIpc) is 2.50. The summed E-state index contributed by atoms with van der Waals surface area (Å²) in [5, 5.41) is 3.20. The van der Waals surface area contributed by atoms with Crippen LogP contribution in [-0.2, 0) is 6.42 Å². The molecule has 0 aromatic heterocycles. The van der Waals surface area contributed by atoms with E-state index in [9.17, 15) is 8.78 Å². The third-order valence-corrected chi connectivity index (χ3v) is 3.71. The van der Waals surface area contributed by atoms with E-state index in [4.69, 9.17) is 0 Å². The van der Waals surface area contributed by atoms with Crippen molar-refractivity contribution in [3.05, 3.63) is 70.3 Å². The molecule has 0 saturated carbocycles. The SMILES string of the molecule is CCNC(c1cccc(CC)c1)c1c(F)ccc(C)c1F. The molecule has 0 fully saturated rings. The van der Waals surface area contributed by atoms with Crippen LogP contribution in [0, 0.1) is 18.6 Å². The van der Waals surface area contributed by atoms with E-state index in [-0.39, 0.29) is 5.56 Å². The van der Waals surface area contributed by atoms with E-state index in [0.717, 1.165) is 17.5 Å². The first-order chi connectivity index (χ1) is 10.1. The van der Waals surface area contributed by atoms with Crippen LogP contribution in [-0.4, -0.2) is 6.54 Å². The molecule has 1 N–H and O–H groups in total. The summed E-state index contributed by atoms with van der Waals surface area (Å²) in [5.41, 5.74) is 2.61. The standard InChI is InChI=1S/C18H21F2N/c1-4-13-7-6-8-14(11-13)18(21-5-2)16-15(19)10-9-12(3)17(16)20/h6-11,18,21H,4-5H2,1-3H3. The van der Waals surface area contributed by atoms with E-state index in [0.29, 0.717) is 12.1 Å². The van der Waals surface area contributed by atoms with Crippen LogP contribution in [0.5, 0.6) is 0 Å². The van der Waals surface area contributed by atoms with Crippen molar-refractivity contribution >= 4 is 0 Å². The molecule has 1 unspecified atom stereocenters. The summed E-state index contributed by atoms with van der Waals surface area (Å²) < 4.78 is 28.6. The molecule has 0 heterocycles. The lowest BCUT2D eigenvalue weighted by atomic mass is 9.94. The van der Waals surface area contributed by atoms with E-state index in [1.807, 2.05) is 31.2 Å². The second kappa shape index (κ2) is 6.81. The Bertz CT molecular complexity index is 623. The van der Waals surface area contributed by atoms with E-state index in [1.54, 1.807) is 6.92 Å². The molecule has 21 heavy (non-hydrogen) atoms. The van der Waals surface area contributed by atoms with Crippen LogP contribution in [0.3, 0.4) is 0 Å². The fourth-order valence-corrected chi connectivity index (χ4v) is 2.53. The highest BCUT2D eigenvalue weighted by molar-refractivity contribution is 5.38. The average molecular weight is 289 g/mol. The molecule has 0 amide bonds. The fourth-order valence-electron chi connectivity index (χ4n) is 2.53. The zero-order chi connectivity index (χ0) is 15.4. The van der Waals surface area contributed by atoms with Gasteiger partial charge >= 0.3 is 0 Å². The van der Waals surface area contributed by atoms with Crippen LogP contribution in [0.2, 0.25) is 0 Å². The lowest BCUT2D eigenvalue weighted by Crippen LogP contribution is -2.24. The van der Waals surface area contributed by atoms with Crippen molar-refractivity contribution in [1.82, 2.24) is 5.32 Å². The van der Waals surface area contributed by atoms with Gasteiger partial charge in [0, 0.05) is 5.56 Å². The number of halogens is 2. The zero-order valence-corrected chi connectivity index (χ0v) is 12.7. The van der Waals surface area contributed by atoms with Gasteiger partial charge in [-0.15, -0.1) is 0 Å². The van der Waals surface area contributed by atoms with E-state index in [2.05, 4.69) is 12.2 Å². The van der Waals surface area contributed by atoms with Crippen molar-refractivity contribution in [2.45, 2.75) is 33.2 Å². The number of hydrogen-bond donors (Lipinski definition) is 1. The van der Waals surface area contributed by atoms with Crippen molar-refractivity contribution in [1.29, 1.82) is 0 Å². The third kappa shape index (κ3) is 3.30. The molecular weight excluding hydrogens is 268 g/mol. The van der Waals surface area contributed by atoms with Crippen molar-refractivity contribution in [3.63, 3.8) is 0 Å². The monoisotopic (exact) mass is 289 g/mol. The highest BCUT2D eigenvalue weighted by Crippen LogP contribution is 2.29. The van der Waals surface area contributed by atoms with Gasteiger partial charge in [0.2, 0.25) is 0 Å². The summed E-state index contributed by atoms with van der Waals surface area (Å²) in [4.78, 5) is 0. The fraction of sp³-hybridized carbons (Fsp3) is 0.333. The van der Waals surface area contributed by atoms with Gasteiger partial charge in [0.15, 0.2) is 0 Å². The lowest BCUT2D eigenvalue weighted by molar-refractivity contribution is 0.506. The largest absolute Gasteiger partial charge is 0.306 e. The molecule has 3 heteroatoms. The number of aryl methyl sites for hydroxylation is 2. The summed E-state index contributed by atoms with van der Waals surface area (Å²) >= 11 is 0. The van der Waals surface area contributed by atoms with Crippen molar-refractivity contribution in [3.8, 4) is 0 Å². The second-order valence-corrected chi connectivity index (χ2v) is 5.18. The summed E-state index contributed by atoms with van der Waals surface area (Å²) in [7, 11) is 0. The Morgan fingerprint density at radius 1 is 1.10 bits per heavy atom. The van der Waals surface area contributed by atoms with Gasteiger partial charge in [-0.1, -0.05) is 44.2 Å². The highest BCUT2D eigenvalue weighted by atomic mass is 19.1. The molecule has 2 aromatic carbocycles. The van der Waals surface area contributed by atoms with E-state index in [1.165, 1.54) is 12.1 Å². The summed E-state index contributed by atoms with van der Waals surface area (Å²) in [6, 6.07) is 10.2. The normalized spacial score (nSPS) is 12.4. The van der Waals surface area contributed by atoms with Crippen LogP contribution < -0.4 is 5.32 Å². The predicted octanol–water partition coefficient (Wildman–Crippen LogP) is 4.53. The first kappa shape index (κ1) is 15.6. The third-order valence-electron chi connectivity index (χ3n) is 3.71. The van der Waals surface area contributed by atoms with E-state index >= 15 is 0 Å². The van der Waals surface area contributed by atoms with Crippen LogP contribution >= 0.6 is 0 Å². The van der Waals surface area contributed by atoms with Gasteiger partial charge in [-0.25, -0.2) is 8.78 Å². The smallest absolute Gasteiger partial charge is 0.134 e. The van der Waals surface area contributed by atoms with Crippen LogP contribution in [0.1, 0.15) is 42.1 Å². The maximum absolute atomic E-state index is 14.4. The Hall–Kier alpha value is -1.74. The molecule has 0 aliphatic carbocycles. The first-order valence-electron chi connectivity index (χ1n) is 7.35. The molecule has 1 nitrogen and oxygen atoms in total. The quantitative estimate of drug-likeness (QED) is 0.852. The first-order valence-corrected chi connectivity index (χ1v) is 7.35. The predicted molar refractivity (Wildman–Crippen MR) is 82.4 cm³/mol. The van der Waals surface area contributed by atoms with Gasteiger partial charge in [-0.3, -0.25) is 0 Å². The Morgan fingerprint density at radius 2 is 1.86 bits per heavy atom. The van der Waals surface area contributed by atoms with Gasteiger partial charge in [-0.2, -0.15) is 0 Å². The lowest BCUT2D eigenvalue weighted by Gasteiger charge is -2.21. The molecule has 1 atom stereocenters. The number of hydrogen-bond acceptors (Lipinski definition) is 1. The summed E-state index contributed by atoms with van der Waals surface area (Å²) in [6.45, 7) is 6.29. The maximum Gasteiger partial charge on any atom is 0.134 e. The number of benzene rings is 2. The van der Waals surface area contributed by atoms with Gasteiger partial charge in [0.1, 0.15) is 11.6 Å². The van der Waals surface area contributed by atoms with Crippen molar-refractivity contribution < 1.29 is 8.78 Å². The number of nitrogens with one attached hydrogen (secondary N) is 1. The Labute approximate surface area is 125 Å². The van der Waals surface area contributed by atoms with Gasteiger partial charge in [0.05, 0.1) is 6.04 Å². The molecule has 2 rings (SSSR count). The Balaban J connectivity index is 2.55. The molecule has 2 aromatic rings. The van der Waals surface area contributed by atoms with Crippen LogP contribution in [0.4, 0.5) is 8.78 Å². The minimum atomic E-state index is -0.508. The van der Waals surface area contributed by atoms with Crippen molar-refractivity contribution in [2.24, 2.45) is 0 Å². The Morgan fingerprint density at radius 3 is 2.52 bits per heavy atom. The number of rotatable bonds is 5. The molecule has 112 valence electrons. The molecule has 0 bridgehead atoms. The Kier molecular flexibility index (Phi) is 5.07. The zero-order valence-electron chi connectivity index (χ0n) is 12.7. The molecule has 0 saturated heterocycles. The second-order valence-electron chi connectivity index (χ2n) is 5.18. The molecule has 0 spiro atoms. The molecule has 0 radical (unpaired) electrons. The van der Waals surface area contributed by atoms with Gasteiger partial charge in [0.25, 0.3) is 0 Å². The van der Waals surface area contributed by atoms with Crippen LogP contribution in [0.25, 0.3) is 0 Å². The van der Waals surface area contributed by atoms with Gasteiger partial charge in [-0.05, 0) is 42.6 Å². The maximum atomic E-state index is 14.4. The van der Waals surface area contributed by atoms with E-state index < -0.39 is 17.7 Å². The highest BCUT2D eigenvalue weighted by Gasteiger charge is 2.22. The molecular formula is C18H21F2N. The minimum absolute atomic E-state index is 0.102. The summed E-state index contributed by atoms with van der Waals surface area (Å²) in [5.74, 6) is -0.978. The minimum Gasteiger partial charge on any atom is -0.306 e. The summed E-state index contributed by atoms with van der Waals surface area (Å²) in [6.07, 6.45) is 0.894. The van der Waals surface area contributed by atoms with Crippen molar-refractivity contribution in [2.75, 3.05) is 6.54 Å². The van der Waals surface area contributed by atoms with Gasteiger partial charge < -0.3 is 5.32 Å². The van der Waals surface area contributed by atoms with Crippen LogP contribution in [0.15, 0.2) is 36.4 Å². The molecule has 0 aliphatic rings. The molecule has 0 aliphatic heterocycles. The topological polar surface area (TPSA) is 12.0 Å².